The number of aryl methyl sites for hydroxylation is 2. The first-order valence-electron chi connectivity index (χ1n) is 8.22. The summed E-state index contributed by atoms with van der Waals surface area (Å²) in [5, 5.41) is 26.5. The van der Waals surface area contributed by atoms with Crippen molar-refractivity contribution < 1.29 is 19.7 Å². The number of ether oxygens (including phenoxy) is 1. The lowest BCUT2D eigenvalue weighted by molar-refractivity contribution is -0.143. The number of carbonyl (C=O) groups is 1. The molecule has 2 aromatic rings. The van der Waals surface area contributed by atoms with Gasteiger partial charge in [0.05, 0.1) is 24.4 Å². The summed E-state index contributed by atoms with van der Waals surface area (Å²) in [4.78, 5) is 19.9. The summed E-state index contributed by atoms with van der Waals surface area (Å²) in [6, 6.07) is 0. The first-order chi connectivity index (χ1) is 12.0. The van der Waals surface area contributed by atoms with E-state index in [4.69, 9.17) is 4.74 Å². The number of rotatable bonds is 5. The molecule has 1 aliphatic rings. The Bertz CT molecular complexity index is 776. The molecule has 134 valence electrons. The van der Waals surface area contributed by atoms with Gasteiger partial charge in [-0.25, -0.2) is 14.6 Å². The highest BCUT2D eigenvalue weighted by Gasteiger charge is 2.29. The molecular formula is C16H21N5O4. The van der Waals surface area contributed by atoms with E-state index in [9.17, 15) is 15.0 Å². The van der Waals surface area contributed by atoms with Crippen molar-refractivity contribution in [3.8, 4) is 17.3 Å². The molecule has 25 heavy (non-hydrogen) atoms. The first-order valence-corrected chi connectivity index (χ1v) is 8.22. The van der Waals surface area contributed by atoms with E-state index in [-0.39, 0.29) is 18.6 Å². The van der Waals surface area contributed by atoms with E-state index in [0.29, 0.717) is 41.5 Å². The van der Waals surface area contributed by atoms with Crippen LogP contribution in [0.5, 0.6) is 5.88 Å². The maximum absolute atomic E-state index is 11.2. The lowest BCUT2D eigenvalue weighted by Gasteiger charge is -2.27. The Morgan fingerprint density at radius 2 is 2.24 bits per heavy atom. The van der Waals surface area contributed by atoms with Crippen molar-refractivity contribution in [2.45, 2.75) is 45.3 Å². The molecule has 0 bridgehead atoms. The Balaban J connectivity index is 1.77. The molecule has 0 aromatic carbocycles. The molecule has 9 heteroatoms. The topological polar surface area (TPSA) is 123 Å². The second-order valence-electron chi connectivity index (χ2n) is 6.25. The molecule has 2 N–H and O–H groups in total. The van der Waals surface area contributed by atoms with Gasteiger partial charge in [0, 0.05) is 7.05 Å². The van der Waals surface area contributed by atoms with Gasteiger partial charge in [0.25, 0.3) is 0 Å². The van der Waals surface area contributed by atoms with Crippen LogP contribution in [0.15, 0.2) is 6.20 Å². The van der Waals surface area contributed by atoms with Crippen molar-refractivity contribution in [2.75, 3.05) is 0 Å². The zero-order chi connectivity index (χ0) is 18.0. The lowest BCUT2D eigenvalue weighted by Crippen LogP contribution is -2.30. The zero-order valence-corrected chi connectivity index (χ0v) is 14.2. The van der Waals surface area contributed by atoms with Crippen molar-refractivity contribution in [1.82, 2.24) is 25.0 Å². The number of hydrogen-bond acceptors (Lipinski definition) is 7. The fourth-order valence-corrected chi connectivity index (χ4v) is 3.09. The van der Waals surface area contributed by atoms with E-state index in [1.54, 1.807) is 14.0 Å². The van der Waals surface area contributed by atoms with Crippen molar-refractivity contribution >= 4 is 5.97 Å². The monoisotopic (exact) mass is 347 g/mol. The molecule has 3 rings (SSSR count). The molecule has 1 aliphatic carbocycles. The highest BCUT2D eigenvalue weighted by atomic mass is 16.5. The van der Waals surface area contributed by atoms with Crippen LogP contribution in [-0.4, -0.2) is 47.2 Å². The van der Waals surface area contributed by atoms with Crippen molar-refractivity contribution in [3.63, 3.8) is 0 Å². The third kappa shape index (κ3) is 3.60. The molecule has 2 aromatic heterocycles. The molecule has 2 heterocycles. The van der Waals surface area contributed by atoms with Gasteiger partial charge in [0.1, 0.15) is 23.2 Å². The third-order valence-electron chi connectivity index (χ3n) is 4.49. The lowest BCUT2D eigenvalue weighted by atomic mass is 9.87. The van der Waals surface area contributed by atoms with Gasteiger partial charge in [0.2, 0.25) is 5.88 Å². The van der Waals surface area contributed by atoms with Crippen LogP contribution in [0.25, 0.3) is 11.4 Å². The van der Waals surface area contributed by atoms with Crippen LogP contribution in [0.2, 0.25) is 0 Å². The van der Waals surface area contributed by atoms with E-state index in [1.165, 1.54) is 10.9 Å². The molecule has 0 aliphatic heterocycles. The van der Waals surface area contributed by atoms with Crippen LogP contribution in [0.1, 0.15) is 37.1 Å². The van der Waals surface area contributed by atoms with E-state index in [0.717, 1.165) is 12.8 Å². The van der Waals surface area contributed by atoms with Gasteiger partial charge in [-0.1, -0.05) is 5.21 Å². The predicted molar refractivity (Wildman–Crippen MR) is 86.7 cm³/mol. The molecule has 1 fully saturated rings. The van der Waals surface area contributed by atoms with Crippen LogP contribution in [0.4, 0.5) is 0 Å². The number of carboxylic acid groups (broad SMARTS) is 1. The minimum absolute atomic E-state index is 0.168. The molecule has 0 amide bonds. The summed E-state index contributed by atoms with van der Waals surface area (Å²) in [7, 11) is 1.70. The molecule has 1 saturated carbocycles. The van der Waals surface area contributed by atoms with Crippen LogP contribution in [-0.2, 0) is 18.4 Å². The second kappa shape index (κ2) is 7.14. The van der Waals surface area contributed by atoms with E-state index < -0.39 is 5.97 Å². The van der Waals surface area contributed by atoms with Crippen molar-refractivity contribution in [3.05, 3.63) is 17.6 Å². The minimum Gasteiger partial charge on any atom is -0.481 e. The third-order valence-corrected chi connectivity index (χ3v) is 4.49. The molecular weight excluding hydrogens is 326 g/mol. The highest BCUT2D eigenvalue weighted by molar-refractivity contribution is 5.70. The Labute approximate surface area is 144 Å². The summed E-state index contributed by atoms with van der Waals surface area (Å²) in [6.07, 6.45) is 4.17. The summed E-state index contributed by atoms with van der Waals surface area (Å²) in [5.41, 5.74) is 2.13. The van der Waals surface area contributed by atoms with E-state index in [1.807, 2.05) is 0 Å². The molecule has 0 saturated heterocycles. The van der Waals surface area contributed by atoms with Gasteiger partial charge in [-0.2, -0.15) is 0 Å². The summed E-state index contributed by atoms with van der Waals surface area (Å²) in [5.74, 6) is -0.738. The Kier molecular flexibility index (Phi) is 4.93. The predicted octanol–water partition coefficient (Wildman–Crippen LogP) is 1.10. The van der Waals surface area contributed by atoms with E-state index >= 15 is 0 Å². The molecule has 2 atom stereocenters. The van der Waals surface area contributed by atoms with Crippen LogP contribution in [0.3, 0.4) is 0 Å². The van der Waals surface area contributed by atoms with Crippen molar-refractivity contribution in [2.24, 2.45) is 13.0 Å². The highest BCUT2D eigenvalue weighted by Crippen LogP contribution is 2.29. The van der Waals surface area contributed by atoms with Crippen LogP contribution >= 0.6 is 0 Å². The molecule has 9 nitrogen and oxygen atoms in total. The van der Waals surface area contributed by atoms with Gasteiger partial charge in [0.15, 0.2) is 0 Å². The maximum Gasteiger partial charge on any atom is 0.306 e. The number of nitrogens with zero attached hydrogens (tertiary/aromatic N) is 5. The fraction of sp³-hybridized carbons (Fsp3) is 0.562. The number of carboxylic acids is 1. The average molecular weight is 347 g/mol. The molecule has 0 unspecified atom stereocenters. The van der Waals surface area contributed by atoms with Gasteiger partial charge in [-0.05, 0) is 32.6 Å². The maximum atomic E-state index is 11.2. The normalized spacial score (nSPS) is 20.4. The van der Waals surface area contributed by atoms with Crippen molar-refractivity contribution in [1.29, 1.82) is 0 Å². The molecule has 0 spiro atoms. The van der Waals surface area contributed by atoms with Crippen LogP contribution in [0, 0.1) is 12.8 Å². The zero-order valence-electron chi connectivity index (χ0n) is 14.2. The van der Waals surface area contributed by atoms with Gasteiger partial charge in [-0.3, -0.25) is 4.79 Å². The van der Waals surface area contributed by atoms with Gasteiger partial charge < -0.3 is 14.9 Å². The van der Waals surface area contributed by atoms with E-state index in [2.05, 4.69) is 20.3 Å². The summed E-state index contributed by atoms with van der Waals surface area (Å²) < 4.78 is 7.38. The first kappa shape index (κ1) is 17.3. The smallest absolute Gasteiger partial charge is 0.306 e. The Morgan fingerprint density at radius 1 is 1.44 bits per heavy atom. The number of aliphatic hydroxyl groups excluding tert-OH is 1. The van der Waals surface area contributed by atoms with Gasteiger partial charge >= 0.3 is 5.97 Å². The van der Waals surface area contributed by atoms with Crippen LogP contribution < -0.4 is 4.74 Å². The molecule has 0 radical (unpaired) electrons. The number of aliphatic carboxylic acids is 1. The average Bonchev–Trinajstić information content (AvgIpc) is 2.97. The van der Waals surface area contributed by atoms with Gasteiger partial charge in [-0.15, -0.1) is 5.10 Å². The summed E-state index contributed by atoms with van der Waals surface area (Å²) in [6.45, 7) is 1.58. The quantitative estimate of drug-likeness (QED) is 0.824. The Hall–Kier alpha value is -2.55. The standard InChI is InChI=1S/C16H21N5O4/c1-9-15(25-11-5-3-4-10(6-11)16(23)24)17-7-12(18-9)14-13(8-22)21(2)20-19-14/h7,10-11,22H,3-6,8H2,1-2H3,(H,23,24)/t10-,11-/m0/s1. The minimum atomic E-state index is -0.773. The fourth-order valence-electron chi connectivity index (χ4n) is 3.09. The largest absolute Gasteiger partial charge is 0.481 e. The number of hydrogen-bond donors (Lipinski definition) is 2. The number of aromatic nitrogens is 5. The Morgan fingerprint density at radius 3 is 2.92 bits per heavy atom. The number of aliphatic hydroxyl groups is 1. The SMILES string of the molecule is Cc1nc(-c2nnn(C)c2CO)cnc1O[C@H]1CCC[C@H](C(=O)O)C1. The second-order valence-corrected chi connectivity index (χ2v) is 6.25. The summed E-state index contributed by atoms with van der Waals surface area (Å²) >= 11 is 0.